The molecule has 0 saturated carbocycles. The Morgan fingerprint density at radius 3 is 2.62 bits per heavy atom. The van der Waals surface area contributed by atoms with Crippen molar-refractivity contribution in [3.63, 3.8) is 0 Å². The first-order valence-corrected chi connectivity index (χ1v) is 13.8. The highest BCUT2D eigenvalue weighted by Gasteiger charge is 2.16. The maximum Gasteiger partial charge on any atom is 0.224 e. The summed E-state index contributed by atoms with van der Waals surface area (Å²) < 4.78 is 14.7. The van der Waals surface area contributed by atoms with E-state index in [0.29, 0.717) is 24.3 Å². The Bertz CT molecular complexity index is 1910. The Hall–Kier alpha value is -5.09. The number of aromatic nitrogens is 5. The number of rotatable bonds is 9. The molecule has 0 aliphatic heterocycles. The number of likely N-dealkylation sites (N-methyl/N-ethyl adjacent to an activating group) is 1. The van der Waals surface area contributed by atoms with Crippen molar-refractivity contribution in [1.82, 2.24) is 30.0 Å². The van der Waals surface area contributed by atoms with E-state index in [-0.39, 0.29) is 11.7 Å². The van der Waals surface area contributed by atoms with Crippen molar-refractivity contribution < 1.29 is 9.18 Å². The van der Waals surface area contributed by atoms with Gasteiger partial charge >= 0.3 is 0 Å². The van der Waals surface area contributed by atoms with Crippen LogP contribution in [0.5, 0.6) is 0 Å². The smallest absolute Gasteiger partial charge is 0.224 e. The summed E-state index contributed by atoms with van der Waals surface area (Å²) in [6.07, 6.45) is 5.50. The van der Waals surface area contributed by atoms with Crippen LogP contribution in [0, 0.1) is 5.82 Å². The monoisotopic (exact) mass is 562 g/mol. The van der Waals surface area contributed by atoms with E-state index < -0.39 is 0 Å². The number of fused-ring (bicyclic) bond motifs is 2. The van der Waals surface area contributed by atoms with E-state index in [1.54, 1.807) is 31.6 Å². The van der Waals surface area contributed by atoms with Gasteiger partial charge in [0.05, 0.1) is 17.6 Å². The Morgan fingerprint density at radius 2 is 1.79 bits per heavy atom. The zero-order valence-electron chi connectivity index (χ0n) is 23.6. The predicted molar refractivity (Wildman–Crippen MR) is 166 cm³/mol. The maximum atomic E-state index is 14.7. The summed E-state index contributed by atoms with van der Waals surface area (Å²) in [6.45, 7) is 3.36. The van der Waals surface area contributed by atoms with Gasteiger partial charge in [-0.2, -0.15) is 5.10 Å². The van der Waals surface area contributed by atoms with E-state index in [2.05, 4.69) is 40.7 Å². The van der Waals surface area contributed by atoms with Gasteiger partial charge in [-0.15, -0.1) is 0 Å². The molecular formula is C32H31FN8O. The summed E-state index contributed by atoms with van der Waals surface area (Å²) in [7, 11) is 4.01. The number of anilines is 2. The van der Waals surface area contributed by atoms with Crippen molar-refractivity contribution in [3.05, 3.63) is 79.0 Å². The third-order valence-electron chi connectivity index (χ3n) is 7.11. The minimum atomic E-state index is -0.294. The van der Waals surface area contributed by atoms with Crippen LogP contribution in [0.15, 0.2) is 73.2 Å². The molecule has 0 saturated heterocycles. The molecule has 4 aromatic heterocycles. The van der Waals surface area contributed by atoms with E-state index in [1.165, 1.54) is 6.07 Å². The molecule has 0 aliphatic rings. The van der Waals surface area contributed by atoms with Gasteiger partial charge < -0.3 is 20.5 Å². The van der Waals surface area contributed by atoms with Gasteiger partial charge in [-0.05, 0) is 67.7 Å². The Kier molecular flexibility index (Phi) is 7.37. The number of amides is 1. The Morgan fingerprint density at radius 1 is 0.952 bits per heavy atom. The van der Waals surface area contributed by atoms with Crippen LogP contribution in [0.2, 0.25) is 0 Å². The minimum Gasteiger partial charge on any atom is -0.384 e. The van der Waals surface area contributed by atoms with Crippen LogP contribution in [-0.2, 0) is 4.79 Å². The average Bonchev–Trinajstić information content (AvgIpc) is 3.60. The summed E-state index contributed by atoms with van der Waals surface area (Å²) in [5.74, 6) is -0.370. The molecule has 0 unspecified atom stereocenters. The molecule has 2 aromatic carbocycles. The molecule has 42 heavy (non-hydrogen) atoms. The number of halogens is 1. The number of carbonyl (C=O) groups is 1. The first kappa shape index (κ1) is 27.1. The quantitative estimate of drug-likeness (QED) is 0.165. The number of nitrogens with one attached hydrogen (secondary N) is 4. The molecule has 0 radical (unpaired) electrons. The fraction of sp³-hybridized carbons (Fsp3) is 0.188. The lowest BCUT2D eigenvalue weighted by molar-refractivity contribution is -0.115. The second kappa shape index (κ2) is 11.4. The topological polar surface area (TPSA) is 115 Å². The van der Waals surface area contributed by atoms with Crippen molar-refractivity contribution >= 4 is 39.2 Å². The zero-order chi connectivity index (χ0) is 29.2. The van der Waals surface area contributed by atoms with Gasteiger partial charge in [-0.3, -0.25) is 14.9 Å². The third kappa shape index (κ3) is 5.57. The Labute approximate surface area is 242 Å². The molecule has 0 bridgehead atoms. The fourth-order valence-electron chi connectivity index (χ4n) is 4.99. The van der Waals surface area contributed by atoms with Crippen LogP contribution in [0.25, 0.3) is 55.6 Å². The normalized spacial score (nSPS) is 11.5. The Balaban J connectivity index is 1.36. The van der Waals surface area contributed by atoms with Crippen molar-refractivity contribution in [2.45, 2.75) is 13.3 Å². The lowest BCUT2D eigenvalue weighted by Gasteiger charge is -2.13. The molecule has 0 aliphatic carbocycles. The van der Waals surface area contributed by atoms with Crippen LogP contribution in [-0.4, -0.2) is 63.1 Å². The second-order valence-corrected chi connectivity index (χ2v) is 10.5. The van der Waals surface area contributed by atoms with E-state index >= 15 is 0 Å². The fourth-order valence-corrected chi connectivity index (χ4v) is 4.99. The highest BCUT2D eigenvalue weighted by Crippen LogP contribution is 2.36. The number of aromatic amines is 2. The summed E-state index contributed by atoms with van der Waals surface area (Å²) in [5, 5.41) is 15.6. The van der Waals surface area contributed by atoms with E-state index in [0.717, 1.165) is 62.2 Å². The molecule has 0 fully saturated rings. The van der Waals surface area contributed by atoms with Gasteiger partial charge in [0.1, 0.15) is 11.5 Å². The number of carbonyl (C=O) groups excluding carboxylic acids is 1. The van der Waals surface area contributed by atoms with Crippen LogP contribution >= 0.6 is 0 Å². The van der Waals surface area contributed by atoms with Gasteiger partial charge in [0.15, 0.2) is 5.65 Å². The van der Waals surface area contributed by atoms with Crippen molar-refractivity contribution in [3.8, 4) is 33.6 Å². The van der Waals surface area contributed by atoms with E-state index in [4.69, 9.17) is 0 Å². The first-order chi connectivity index (χ1) is 20.4. The molecular weight excluding hydrogens is 531 g/mol. The van der Waals surface area contributed by atoms with Crippen molar-refractivity contribution in [2.24, 2.45) is 0 Å². The molecule has 1 amide bonds. The highest BCUT2D eigenvalue weighted by molar-refractivity contribution is 6.01. The van der Waals surface area contributed by atoms with Crippen LogP contribution < -0.4 is 10.6 Å². The lowest BCUT2D eigenvalue weighted by Crippen LogP contribution is -2.20. The first-order valence-electron chi connectivity index (χ1n) is 13.8. The van der Waals surface area contributed by atoms with Gasteiger partial charge in [0, 0.05) is 65.0 Å². The molecule has 212 valence electrons. The number of H-pyrrole nitrogens is 2. The maximum absolute atomic E-state index is 14.7. The SMILES string of the molecule is CCC(=O)Nc1cncc(-c2cnc3[nH]nc(-c4cc5c(-c6cc(F)cc(NCCN(C)C)c6)cccc5[nH]4)c3c2)c1. The van der Waals surface area contributed by atoms with Crippen molar-refractivity contribution in [1.29, 1.82) is 0 Å². The predicted octanol–water partition coefficient (Wildman–Crippen LogP) is 6.30. The molecule has 0 atom stereocenters. The average molecular weight is 563 g/mol. The largest absolute Gasteiger partial charge is 0.384 e. The van der Waals surface area contributed by atoms with Gasteiger partial charge in [0.25, 0.3) is 0 Å². The van der Waals surface area contributed by atoms with E-state index in [1.807, 2.05) is 56.6 Å². The van der Waals surface area contributed by atoms with Gasteiger partial charge in [-0.1, -0.05) is 19.1 Å². The zero-order valence-corrected chi connectivity index (χ0v) is 23.6. The highest BCUT2D eigenvalue weighted by atomic mass is 19.1. The summed E-state index contributed by atoms with van der Waals surface area (Å²) in [5.41, 5.74) is 7.83. The van der Waals surface area contributed by atoms with Crippen LogP contribution in [0.3, 0.4) is 0 Å². The summed E-state index contributed by atoms with van der Waals surface area (Å²) in [4.78, 5) is 26.3. The number of benzene rings is 2. The molecule has 0 spiro atoms. The minimum absolute atomic E-state index is 0.0760. The summed E-state index contributed by atoms with van der Waals surface area (Å²) >= 11 is 0. The standard InChI is InChI=1S/C32H31FN8O/c1-4-30(42)37-24-12-20(16-34-18-24)21-13-27-31(39-40-32(27)36-17-21)29-15-26-25(6-5-7-28(26)38-29)19-10-22(33)14-23(11-19)35-8-9-41(2)3/h5-7,10-18,35,38H,4,8-9H2,1-3H3,(H,37,42)(H,36,39,40). The molecule has 4 N–H and O–H groups in total. The second-order valence-electron chi connectivity index (χ2n) is 10.5. The van der Waals surface area contributed by atoms with E-state index in [9.17, 15) is 9.18 Å². The molecule has 9 nitrogen and oxygen atoms in total. The molecule has 6 aromatic rings. The number of nitrogens with zero attached hydrogens (tertiary/aromatic N) is 4. The third-order valence-corrected chi connectivity index (χ3v) is 7.11. The van der Waals surface area contributed by atoms with Crippen molar-refractivity contribution in [2.75, 3.05) is 37.8 Å². The number of hydrogen-bond donors (Lipinski definition) is 4. The number of hydrogen-bond acceptors (Lipinski definition) is 6. The van der Waals surface area contributed by atoms with Gasteiger partial charge in [0.2, 0.25) is 5.91 Å². The molecule has 4 heterocycles. The summed E-state index contributed by atoms with van der Waals surface area (Å²) in [6, 6.07) is 16.9. The van der Waals surface area contributed by atoms with Gasteiger partial charge in [-0.25, -0.2) is 9.37 Å². The van der Waals surface area contributed by atoms with Crippen LogP contribution in [0.1, 0.15) is 13.3 Å². The molecule has 10 heteroatoms. The van der Waals surface area contributed by atoms with Crippen LogP contribution in [0.4, 0.5) is 15.8 Å². The molecule has 6 rings (SSSR count). The lowest BCUT2D eigenvalue weighted by atomic mass is 10.0. The number of pyridine rings is 2.